The average molecular weight is 1490 g/mol. The van der Waals surface area contributed by atoms with E-state index in [0.29, 0.717) is 0 Å². The first kappa shape index (κ1) is 53.5. The summed E-state index contributed by atoms with van der Waals surface area (Å²) in [5, 5.41) is 91.6. The fourth-order valence-electron chi connectivity index (χ4n) is 5.05. The molecule has 0 heterocycles. The summed E-state index contributed by atoms with van der Waals surface area (Å²) in [6, 6.07) is 0. The number of halogens is 6. The number of amides is 6. The third kappa shape index (κ3) is 13.2. The maximum atomic E-state index is 14.4. The van der Waals surface area contributed by atoms with Crippen molar-refractivity contribution in [3.05, 3.63) is 43.7 Å². The monoisotopic (exact) mass is 1490 g/mol. The molecule has 6 amide bonds. The van der Waals surface area contributed by atoms with Gasteiger partial charge >= 0.3 is 0 Å². The summed E-state index contributed by atoms with van der Waals surface area (Å²) in [4.78, 5) is 80.9. The number of carbonyl (C=O) groups is 6. The van der Waals surface area contributed by atoms with Crippen molar-refractivity contribution in [2.24, 2.45) is 0 Å². The first-order valence-corrected chi connectivity index (χ1v) is 22.8. The van der Waals surface area contributed by atoms with Gasteiger partial charge in [0.1, 0.15) is 13.2 Å². The van der Waals surface area contributed by atoms with E-state index in [4.69, 9.17) is 0 Å². The molecule has 2 aromatic rings. The summed E-state index contributed by atoms with van der Waals surface area (Å²) >= 11 is 10.6. The Labute approximate surface area is 412 Å². The van der Waals surface area contributed by atoms with Crippen molar-refractivity contribution >= 4 is 182 Å². The third-order valence-corrected chi connectivity index (χ3v) is 14.4. The lowest BCUT2D eigenvalue weighted by molar-refractivity contribution is -0.119. The molecule has 4 atom stereocenters. The van der Waals surface area contributed by atoms with Gasteiger partial charge in [0.05, 0.1) is 85.5 Å². The number of aliphatic hydroxyl groups is 8. The maximum Gasteiger partial charge on any atom is 0.256 e. The highest BCUT2D eigenvalue weighted by Gasteiger charge is 2.36. The fraction of sp³-hybridized carbons (Fsp3) is 0.438. The Hall–Kier alpha value is -0.680. The average Bonchev–Trinajstić information content (AvgIpc) is 3.19. The van der Waals surface area contributed by atoms with Crippen LogP contribution in [-0.2, 0) is 9.59 Å². The first-order valence-electron chi connectivity index (χ1n) is 16.4. The van der Waals surface area contributed by atoms with Gasteiger partial charge in [-0.3, -0.25) is 28.8 Å². The molecule has 0 aliphatic heterocycles. The van der Waals surface area contributed by atoms with Crippen molar-refractivity contribution in [3.63, 3.8) is 0 Å². The molecular formula is C32H38I6N6O14. The van der Waals surface area contributed by atoms with Gasteiger partial charge in [0, 0.05) is 47.4 Å². The highest BCUT2D eigenvalue weighted by atomic mass is 127. The van der Waals surface area contributed by atoms with E-state index in [1.54, 1.807) is 136 Å². The smallest absolute Gasteiger partial charge is 0.256 e. The molecule has 0 aromatic heterocycles. The number of nitrogens with one attached hydrogen (secondary N) is 4. The van der Waals surface area contributed by atoms with Crippen LogP contribution in [-0.4, -0.2) is 177 Å². The molecule has 0 spiro atoms. The van der Waals surface area contributed by atoms with E-state index in [9.17, 15) is 69.6 Å². The minimum atomic E-state index is -1.92. The van der Waals surface area contributed by atoms with Gasteiger partial charge in [0.15, 0.2) is 0 Å². The number of nitrogens with zero attached hydrogens (tertiary/aromatic N) is 2. The molecule has 4 unspecified atom stereocenters. The van der Waals surface area contributed by atoms with Gasteiger partial charge < -0.3 is 71.9 Å². The standard InChI is InChI=1S/C32H38I6N6O14/c1-39-29(55)17-21(33)19(25(37)27(23(17)35)41-15(53)9-47)31(57)43(3-11(49)7-45)5-13(51)14(52)6-44(4-12(50)8-46)32(58)20-22(34)18(30(56)40-2)24(36)28(26(20)38)42-16(54)10-48/h11-14,45-52H,3-10H2,1-2H3,(H,39,55)(H,40,56)(H,41,53)(H,42,54). The van der Waals surface area contributed by atoms with Gasteiger partial charge in [-0.05, 0) is 136 Å². The largest absolute Gasteiger partial charge is 0.394 e. The van der Waals surface area contributed by atoms with Gasteiger partial charge in [0.25, 0.3) is 23.6 Å². The van der Waals surface area contributed by atoms with E-state index < -0.39 is 112 Å². The number of hydrogen-bond acceptors (Lipinski definition) is 14. The summed E-state index contributed by atoms with van der Waals surface area (Å²) < 4.78 is 0.841. The second-order valence-corrected chi connectivity index (χ2v) is 18.4. The van der Waals surface area contributed by atoms with E-state index in [1.165, 1.54) is 14.1 Å². The van der Waals surface area contributed by atoms with Gasteiger partial charge in [-0.25, -0.2) is 0 Å². The molecule has 0 saturated heterocycles. The molecule has 26 heteroatoms. The maximum absolute atomic E-state index is 14.4. The number of carbonyl (C=O) groups excluding carboxylic acids is 6. The summed E-state index contributed by atoms with van der Waals surface area (Å²) in [7, 11) is 2.68. The Morgan fingerprint density at radius 3 is 1.05 bits per heavy atom. The molecule has 0 aliphatic rings. The topological polar surface area (TPSA) is 319 Å². The van der Waals surface area contributed by atoms with Crippen molar-refractivity contribution in [2.75, 3.05) is 77.3 Å². The van der Waals surface area contributed by atoms with E-state index in [1.807, 2.05) is 0 Å². The Morgan fingerprint density at radius 2 is 0.793 bits per heavy atom. The lowest BCUT2D eigenvalue weighted by Gasteiger charge is -2.33. The zero-order chi connectivity index (χ0) is 44.3. The SMILES string of the molecule is CNC(=O)c1c(I)c(NC(=O)CO)c(I)c(C(=O)N(CC(O)CO)CC(O)C(O)CN(CC(O)CO)C(=O)c2c(I)c(NC(=O)CO)c(I)c(C(=O)NC)c2I)c1I. The Balaban J connectivity index is 2.71. The van der Waals surface area contributed by atoms with Gasteiger partial charge in [-0.2, -0.15) is 0 Å². The molecule has 0 bridgehead atoms. The van der Waals surface area contributed by atoms with Crippen LogP contribution in [0.4, 0.5) is 11.4 Å². The van der Waals surface area contributed by atoms with Crippen LogP contribution in [0, 0.1) is 21.4 Å². The first-order chi connectivity index (χ1) is 27.2. The normalized spacial score (nSPS) is 13.2. The number of aliphatic hydroxyl groups excluding tert-OH is 8. The molecule has 2 rings (SSSR count). The summed E-state index contributed by atoms with van der Waals surface area (Å²) in [5.74, 6) is -4.87. The van der Waals surface area contributed by atoms with Crippen molar-refractivity contribution in [2.45, 2.75) is 24.4 Å². The summed E-state index contributed by atoms with van der Waals surface area (Å²) in [6.45, 7) is -6.29. The molecule has 322 valence electrons. The molecule has 2 aromatic carbocycles. The molecule has 12 N–H and O–H groups in total. The second kappa shape index (κ2) is 24.8. The molecule has 0 fully saturated rings. The van der Waals surface area contributed by atoms with Crippen LogP contribution < -0.4 is 21.3 Å². The Kier molecular flexibility index (Phi) is 22.9. The predicted molar refractivity (Wildman–Crippen MR) is 257 cm³/mol. The summed E-state index contributed by atoms with van der Waals surface area (Å²) in [5.41, 5.74) is -0.413. The highest BCUT2D eigenvalue weighted by Crippen LogP contribution is 2.38. The van der Waals surface area contributed by atoms with Crippen LogP contribution in [0.15, 0.2) is 0 Å². The van der Waals surface area contributed by atoms with Gasteiger partial charge in [0.2, 0.25) is 11.8 Å². The van der Waals surface area contributed by atoms with Crippen LogP contribution in [0.2, 0.25) is 0 Å². The zero-order valence-corrected chi connectivity index (χ0v) is 43.1. The highest BCUT2D eigenvalue weighted by molar-refractivity contribution is 14.1. The fourth-order valence-corrected chi connectivity index (χ4v) is 13.8. The van der Waals surface area contributed by atoms with Crippen LogP contribution in [0.25, 0.3) is 0 Å². The molecule has 58 heavy (non-hydrogen) atoms. The molecule has 0 aliphatic carbocycles. The molecular weight excluding hydrogens is 1450 g/mol. The second-order valence-electron chi connectivity index (χ2n) is 11.9. The number of benzene rings is 2. The summed E-state index contributed by atoms with van der Waals surface area (Å²) in [6.07, 6.45) is -6.98. The van der Waals surface area contributed by atoms with Crippen molar-refractivity contribution in [1.29, 1.82) is 0 Å². The van der Waals surface area contributed by atoms with Crippen molar-refractivity contribution in [1.82, 2.24) is 20.4 Å². The van der Waals surface area contributed by atoms with E-state index in [2.05, 4.69) is 21.3 Å². The van der Waals surface area contributed by atoms with Crippen LogP contribution in [0.5, 0.6) is 0 Å². The molecule has 0 radical (unpaired) electrons. The van der Waals surface area contributed by atoms with Crippen LogP contribution >= 0.6 is 136 Å². The number of rotatable bonds is 19. The Bertz CT molecular complexity index is 1780. The van der Waals surface area contributed by atoms with Crippen LogP contribution in [0.1, 0.15) is 41.4 Å². The number of hydrogen-bond donors (Lipinski definition) is 12. The zero-order valence-electron chi connectivity index (χ0n) is 30.2. The predicted octanol–water partition coefficient (Wildman–Crippen LogP) is -1.09. The van der Waals surface area contributed by atoms with Gasteiger partial charge in [-0.15, -0.1) is 0 Å². The lowest BCUT2D eigenvalue weighted by atomic mass is 10.0. The van der Waals surface area contributed by atoms with Crippen molar-refractivity contribution in [3.8, 4) is 0 Å². The minimum Gasteiger partial charge on any atom is -0.394 e. The van der Waals surface area contributed by atoms with E-state index >= 15 is 0 Å². The third-order valence-electron chi connectivity index (χ3n) is 7.90. The lowest BCUT2D eigenvalue weighted by Crippen LogP contribution is -2.51. The van der Waals surface area contributed by atoms with Gasteiger partial charge in [-0.1, -0.05) is 0 Å². The quantitative estimate of drug-likeness (QED) is 0.0745. The number of anilines is 2. The molecule has 20 nitrogen and oxygen atoms in total. The van der Waals surface area contributed by atoms with E-state index in [0.717, 1.165) is 9.80 Å². The Morgan fingerprint density at radius 1 is 0.500 bits per heavy atom. The van der Waals surface area contributed by atoms with Crippen molar-refractivity contribution < 1.29 is 69.6 Å². The van der Waals surface area contributed by atoms with Crippen LogP contribution in [0.3, 0.4) is 0 Å². The van der Waals surface area contributed by atoms with E-state index in [-0.39, 0.29) is 55.0 Å². The molecule has 0 saturated carbocycles. The minimum absolute atomic E-state index is 0.000903.